The molecule has 2 heterocycles. The number of hydrogen-bond donors (Lipinski definition) is 1. The normalized spacial score (nSPS) is 24.4. The number of esters is 1. The molecular formula is C20H15F3N2O6S. The minimum absolute atomic E-state index is 0.0920. The minimum Gasteiger partial charge on any atom is -0.468 e. The van der Waals surface area contributed by atoms with Crippen LogP contribution in [0.15, 0.2) is 53.4 Å². The molecule has 4 rings (SSSR count). The van der Waals surface area contributed by atoms with Crippen molar-refractivity contribution in [3.05, 3.63) is 65.2 Å². The number of carbonyl (C=O) groups excluding carboxylic acids is 3. The fraction of sp³-hybridized carbons (Fsp3) is 0.250. The lowest BCUT2D eigenvalue weighted by Crippen LogP contribution is -2.54. The quantitative estimate of drug-likeness (QED) is 0.416. The molecule has 2 aromatic carbocycles. The van der Waals surface area contributed by atoms with E-state index in [0.717, 1.165) is 31.4 Å². The van der Waals surface area contributed by atoms with Gasteiger partial charge in [-0.3, -0.25) is 19.7 Å². The summed E-state index contributed by atoms with van der Waals surface area (Å²) < 4.78 is 70.8. The van der Waals surface area contributed by atoms with Gasteiger partial charge in [0.25, 0.3) is 5.91 Å². The van der Waals surface area contributed by atoms with Crippen molar-refractivity contribution in [3.8, 4) is 0 Å². The van der Waals surface area contributed by atoms with Gasteiger partial charge >= 0.3 is 12.1 Å². The van der Waals surface area contributed by atoms with E-state index in [9.17, 15) is 36.0 Å². The topological polar surface area (TPSA) is 110 Å². The number of imide groups is 1. The summed E-state index contributed by atoms with van der Waals surface area (Å²) in [4.78, 5) is 37.9. The molecule has 1 fully saturated rings. The highest BCUT2D eigenvalue weighted by atomic mass is 32.2. The van der Waals surface area contributed by atoms with E-state index in [1.54, 1.807) is 0 Å². The van der Waals surface area contributed by atoms with E-state index in [1.165, 1.54) is 24.3 Å². The predicted molar refractivity (Wildman–Crippen MR) is 101 cm³/mol. The van der Waals surface area contributed by atoms with Crippen molar-refractivity contribution in [2.24, 2.45) is 5.92 Å². The van der Waals surface area contributed by atoms with Crippen molar-refractivity contribution in [3.63, 3.8) is 0 Å². The monoisotopic (exact) mass is 468 g/mol. The molecule has 0 aliphatic carbocycles. The average Bonchev–Trinajstić information content (AvgIpc) is 3.11. The summed E-state index contributed by atoms with van der Waals surface area (Å²) >= 11 is 0. The van der Waals surface area contributed by atoms with Gasteiger partial charge in [0.15, 0.2) is 11.5 Å². The van der Waals surface area contributed by atoms with Gasteiger partial charge in [0.1, 0.15) is 0 Å². The van der Waals surface area contributed by atoms with Crippen molar-refractivity contribution in [2.45, 2.75) is 23.2 Å². The number of amides is 2. The first kappa shape index (κ1) is 22.0. The van der Waals surface area contributed by atoms with Gasteiger partial charge in [0, 0.05) is 12.1 Å². The average molecular weight is 468 g/mol. The highest BCUT2D eigenvalue weighted by Gasteiger charge is 2.70. The molecule has 8 nitrogen and oxygen atoms in total. The summed E-state index contributed by atoms with van der Waals surface area (Å²) in [7, 11) is -3.43. The number of methoxy groups -OCH3 is 1. The summed E-state index contributed by atoms with van der Waals surface area (Å²) in [5, 5.41) is 2.00. The Morgan fingerprint density at radius 3 is 2.34 bits per heavy atom. The highest BCUT2D eigenvalue weighted by Crippen LogP contribution is 2.52. The number of nitrogens with one attached hydrogen (secondary N) is 1. The Kier molecular flexibility index (Phi) is 4.90. The zero-order chi connectivity index (χ0) is 23.5. The van der Waals surface area contributed by atoms with Gasteiger partial charge in [0.05, 0.1) is 17.6 Å². The first-order valence-electron chi connectivity index (χ1n) is 9.17. The van der Waals surface area contributed by atoms with Crippen LogP contribution in [-0.4, -0.2) is 37.6 Å². The van der Waals surface area contributed by atoms with Crippen LogP contribution >= 0.6 is 0 Å². The van der Waals surface area contributed by atoms with E-state index in [4.69, 9.17) is 0 Å². The molecule has 2 aliphatic heterocycles. The maximum Gasteiger partial charge on any atom is 0.416 e. The molecule has 12 heteroatoms. The number of sulfonamides is 1. The van der Waals surface area contributed by atoms with Gasteiger partial charge in [-0.05, 0) is 23.8 Å². The second kappa shape index (κ2) is 7.14. The molecule has 2 unspecified atom stereocenters. The van der Waals surface area contributed by atoms with Crippen molar-refractivity contribution in [2.75, 3.05) is 7.11 Å². The van der Waals surface area contributed by atoms with E-state index in [2.05, 4.69) is 4.74 Å². The van der Waals surface area contributed by atoms with Crippen LogP contribution in [-0.2, 0) is 47.4 Å². The summed E-state index contributed by atoms with van der Waals surface area (Å²) in [6, 6.07) is 9.08. The highest BCUT2D eigenvalue weighted by molar-refractivity contribution is 7.89. The van der Waals surface area contributed by atoms with E-state index < -0.39 is 57.5 Å². The van der Waals surface area contributed by atoms with Crippen LogP contribution in [0.2, 0.25) is 0 Å². The second-order valence-electron chi connectivity index (χ2n) is 7.24. The summed E-state index contributed by atoms with van der Waals surface area (Å²) in [5.41, 5.74) is -3.19. The van der Waals surface area contributed by atoms with Crippen LogP contribution in [0.4, 0.5) is 13.2 Å². The number of alkyl halides is 3. The van der Waals surface area contributed by atoms with Crippen molar-refractivity contribution in [1.82, 2.24) is 9.62 Å². The first-order valence-corrected chi connectivity index (χ1v) is 10.6. The Balaban J connectivity index is 1.91. The van der Waals surface area contributed by atoms with E-state index in [0.29, 0.717) is 4.31 Å². The van der Waals surface area contributed by atoms with Crippen molar-refractivity contribution in [1.29, 1.82) is 0 Å². The van der Waals surface area contributed by atoms with Crippen LogP contribution in [0.25, 0.3) is 0 Å². The number of carbonyl (C=O) groups is 3. The summed E-state index contributed by atoms with van der Waals surface area (Å²) in [6.07, 6.45) is -4.59. The van der Waals surface area contributed by atoms with Gasteiger partial charge < -0.3 is 4.74 Å². The smallest absolute Gasteiger partial charge is 0.416 e. The molecular weight excluding hydrogens is 453 g/mol. The summed E-state index contributed by atoms with van der Waals surface area (Å²) in [6.45, 7) is -0.566. The van der Waals surface area contributed by atoms with E-state index >= 15 is 0 Å². The van der Waals surface area contributed by atoms with Gasteiger partial charge in [-0.2, -0.15) is 17.5 Å². The third kappa shape index (κ3) is 2.93. The molecule has 0 bridgehead atoms. The number of nitrogens with zero attached hydrogens (tertiary/aromatic N) is 1. The Labute approximate surface area is 180 Å². The molecule has 2 atom stereocenters. The van der Waals surface area contributed by atoms with Crippen molar-refractivity contribution < 1.29 is 40.7 Å². The number of hydrogen-bond acceptors (Lipinski definition) is 6. The fourth-order valence-corrected chi connectivity index (χ4v) is 6.13. The van der Waals surface area contributed by atoms with E-state index in [1.807, 2.05) is 5.32 Å². The Hall–Kier alpha value is -3.25. The lowest BCUT2D eigenvalue weighted by Gasteiger charge is -2.34. The first-order chi connectivity index (χ1) is 15.0. The molecule has 168 valence electrons. The lowest BCUT2D eigenvalue weighted by molar-refractivity contribution is -0.154. The van der Waals surface area contributed by atoms with E-state index in [-0.39, 0.29) is 16.0 Å². The lowest BCUT2D eigenvalue weighted by atomic mass is 9.79. The number of fused-ring (bicyclic) bond motifs is 2. The number of benzene rings is 2. The molecule has 1 saturated heterocycles. The van der Waals surface area contributed by atoms with Gasteiger partial charge in [-0.25, -0.2) is 8.42 Å². The molecule has 1 N–H and O–H groups in total. The number of rotatable bonds is 3. The van der Waals surface area contributed by atoms with Crippen LogP contribution in [0.1, 0.15) is 16.7 Å². The van der Waals surface area contributed by atoms with Crippen molar-refractivity contribution >= 4 is 27.8 Å². The van der Waals surface area contributed by atoms with Crippen LogP contribution in [0.3, 0.4) is 0 Å². The van der Waals surface area contributed by atoms with Gasteiger partial charge in [-0.15, -0.1) is 0 Å². The fourth-order valence-electron chi connectivity index (χ4n) is 4.15. The standard InChI is InChI=1S/C20H15F3N2O6S/c1-31-17(27)15-16(26)24-18(28)19(15)13-4-2-3-5-14(13)32(29,30)25(19)10-11-6-8-12(9-7-11)20(21,22)23/h2-9,15H,10H2,1H3,(H,24,26,28). The second-order valence-corrected chi connectivity index (χ2v) is 9.07. The maximum absolute atomic E-state index is 13.4. The molecule has 32 heavy (non-hydrogen) atoms. The Morgan fingerprint density at radius 1 is 1.12 bits per heavy atom. The third-order valence-electron chi connectivity index (χ3n) is 5.57. The minimum atomic E-state index is -4.59. The predicted octanol–water partition coefficient (Wildman–Crippen LogP) is 1.55. The molecule has 0 radical (unpaired) electrons. The molecule has 2 aromatic rings. The Bertz CT molecular complexity index is 1240. The third-order valence-corrected chi connectivity index (χ3v) is 7.48. The van der Waals surface area contributed by atoms with Crippen LogP contribution in [0, 0.1) is 5.92 Å². The number of halogens is 3. The maximum atomic E-state index is 13.4. The SMILES string of the molecule is COC(=O)C1C(=O)NC(=O)C12c1ccccc1S(=O)(=O)N2Cc1ccc(C(F)(F)F)cc1. The molecule has 0 saturated carbocycles. The van der Waals surface area contributed by atoms with Crippen LogP contribution in [0.5, 0.6) is 0 Å². The van der Waals surface area contributed by atoms with Gasteiger partial charge in [-0.1, -0.05) is 30.3 Å². The molecule has 2 aliphatic rings. The Morgan fingerprint density at radius 2 is 1.75 bits per heavy atom. The molecule has 0 aromatic heterocycles. The zero-order valence-electron chi connectivity index (χ0n) is 16.3. The van der Waals surface area contributed by atoms with Gasteiger partial charge in [0.2, 0.25) is 15.9 Å². The summed E-state index contributed by atoms with van der Waals surface area (Å²) in [5.74, 6) is -5.05. The van der Waals surface area contributed by atoms with Crippen LogP contribution < -0.4 is 5.32 Å². The molecule has 2 amide bonds. The zero-order valence-corrected chi connectivity index (χ0v) is 17.2. The number of ether oxygens (including phenoxy) is 1. The molecule has 1 spiro atoms. The largest absolute Gasteiger partial charge is 0.468 e.